The number of hydrogen-bond donors (Lipinski definition) is 1. The Labute approximate surface area is 119 Å². The van der Waals surface area contributed by atoms with Gasteiger partial charge < -0.3 is 5.32 Å². The molecule has 2 aliphatic rings. The lowest BCUT2D eigenvalue weighted by Crippen LogP contribution is -2.29. The van der Waals surface area contributed by atoms with E-state index in [0.717, 1.165) is 13.0 Å². The lowest BCUT2D eigenvalue weighted by atomic mass is 10.0. The van der Waals surface area contributed by atoms with Gasteiger partial charge in [-0.05, 0) is 35.1 Å². The summed E-state index contributed by atoms with van der Waals surface area (Å²) in [5.74, 6) is 1.17. The van der Waals surface area contributed by atoms with Crippen LogP contribution in [0.2, 0.25) is 0 Å². The van der Waals surface area contributed by atoms with Crippen molar-refractivity contribution in [1.82, 2.24) is 5.32 Å². The predicted octanol–water partition coefficient (Wildman–Crippen LogP) is 3.93. The maximum Gasteiger partial charge on any atom is 0.0970 e. The molecule has 2 nitrogen and oxygen atoms in total. The minimum absolute atomic E-state index is 0.263. The van der Waals surface area contributed by atoms with E-state index in [9.17, 15) is 0 Å². The molecule has 0 spiro atoms. The summed E-state index contributed by atoms with van der Waals surface area (Å²) >= 11 is 0. The minimum atomic E-state index is 0.263. The monoisotopic (exact) mass is 262 g/mol. The topological polar surface area (TPSA) is 24.4 Å². The first-order chi connectivity index (χ1) is 9.93. The second-order valence-electron chi connectivity index (χ2n) is 5.54. The van der Waals surface area contributed by atoms with Crippen LogP contribution in [-0.2, 0) is 0 Å². The molecular formula is C18H18N2. The van der Waals surface area contributed by atoms with E-state index in [2.05, 4.69) is 58.8 Å². The van der Waals surface area contributed by atoms with Gasteiger partial charge in [0.15, 0.2) is 0 Å². The Morgan fingerprint density at radius 2 is 1.50 bits per heavy atom. The van der Waals surface area contributed by atoms with E-state index in [1.54, 1.807) is 0 Å². The third kappa shape index (κ3) is 1.83. The number of fused-ring (bicyclic) bond motifs is 3. The molecule has 0 fully saturated rings. The van der Waals surface area contributed by atoms with Crippen molar-refractivity contribution >= 4 is 5.84 Å². The fourth-order valence-electron chi connectivity index (χ4n) is 3.29. The van der Waals surface area contributed by atoms with Crippen molar-refractivity contribution in [2.24, 2.45) is 4.99 Å². The number of hydrogen-bond acceptors (Lipinski definition) is 2. The Hall–Kier alpha value is -2.09. The van der Waals surface area contributed by atoms with Crippen molar-refractivity contribution < 1.29 is 0 Å². The zero-order chi connectivity index (χ0) is 13.4. The van der Waals surface area contributed by atoms with E-state index < -0.39 is 0 Å². The SMILES string of the molecule is c1ccc2c(c1)-c1ccccc1C2NC1=NCCCC1. The highest BCUT2D eigenvalue weighted by molar-refractivity contribution is 5.86. The van der Waals surface area contributed by atoms with Gasteiger partial charge in [-0.15, -0.1) is 0 Å². The Balaban J connectivity index is 1.77. The first-order valence-corrected chi connectivity index (χ1v) is 7.41. The molecule has 20 heavy (non-hydrogen) atoms. The Morgan fingerprint density at radius 1 is 0.850 bits per heavy atom. The summed E-state index contributed by atoms with van der Waals surface area (Å²) in [5.41, 5.74) is 5.47. The van der Waals surface area contributed by atoms with E-state index in [-0.39, 0.29) is 6.04 Å². The number of benzene rings is 2. The van der Waals surface area contributed by atoms with Crippen LogP contribution in [0.25, 0.3) is 11.1 Å². The van der Waals surface area contributed by atoms with Crippen LogP contribution in [-0.4, -0.2) is 12.4 Å². The van der Waals surface area contributed by atoms with Gasteiger partial charge in [-0.1, -0.05) is 48.5 Å². The molecule has 1 N–H and O–H groups in total. The maximum atomic E-state index is 4.64. The van der Waals surface area contributed by atoms with Gasteiger partial charge in [0, 0.05) is 13.0 Å². The summed E-state index contributed by atoms with van der Waals surface area (Å²) in [7, 11) is 0. The smallest absolute Gasteiger partial charge is 0.0970 e. The summed E-state index contributed by atoms with van der Waals surface area (Å²) in [5, 5.41) is 3.68. The summed E-state index contributed by atoms with van der Waals surface area (Å²) in [4.78, 5) is 4.64. The molecule has 2 aromatic carbocycles. The maximum absolute atomic E-state index is 4.64. The molecule has 0 aromatic heterocycles. The molecule has 2 aromatic rings. The Kier molecular flexibility index (Phi) is 2.80. The fourth-order valence-corrected chi connectivity index (χ4v) is 3.29. The third-order valence-electron chi connectivity index (χ3n) is 4.27. The Morgan fingerprint density at radius 3 is 2.10 bits per heavy atom. The molecular weight excluding hydrogens is 244 g/mol. The van der Waals surface area contributed by atoms with E-state index >= 15 is 0 Å². The summed E-state index contributed by atoms with van der Waals surface area (Å²) in [6.07, 6.45) is 3.56. The van der Waals surface area contributed by atoms with Gasteiger partial charge in [-0.25, -0.2) is 0 Å². The van der Waals surface area contributed by atoms with Crippen LogP contribution in [0.15, 0.2) is 53.5 Å². The van der Waals surface area contributed by atoms with Crippen molar-refractivity contribution in [1.29, 1.82) is 0 Å². The first-order valence-electron chi connectivity index (χ1n) is 7.41. The molecule has 1 heterocycles. The van der Waals surface area contributed by atoms with Crippen LogP contribution in [0.1, 0.15) is 36.4 Å². The molecule has 0 unspecified atom stereocenters. The van der Waals surface area contributed by atoms with Crippen LogP contribution in [0.3, 0.4) is 0 Å². The van der Waals surface area contributed by atoms with E-state index in [4.69, 9.17) is 0 Å². The molecule has 0 saturated carbocycles. The van der Waals surface area contributed by atoms with Gasteiger partial charge in [0.1, 0.15) is 0 Å². The number of nitrogens with one attached hydrogen (secondary N) is 1. The molecule has 0 atom stereocenters. The average molecular weight is 262 g/mol. The zero-order valence-corrected chi connectivity index (χ0v) is 11.5. The van der Waals surface area contributed by atoms with Crippen LogP contribution in [0.5, 0.6) is 0 Å². The first kappa shape index (κ1) is 11.7. The van der Waals surface area contributed by atoms with Crippen molar-refractivity contribution in [3.05, 3.63) is 59.7 Å². The molecule has 2 heteroatoms. The standard InChI is InChI=1S/C18H18N2/c1-3-9-15-13(7-1)14-8-2-4-10-16(14)18(15)20-17-11-5-6-12-19-17/h1-4,7-10,18H,5-6,11-12H2,(H,19,20). The number of nitrogens with zero attached hydrogens (tertiary/aromatic N) is 1. The van der Waals surface area contributed by atoms with Crippen molar-refractivity contribution in [2.45, 2.75) is 25.3 Å². The predicted molar refractivity (Wildman–Crippen MR) is 83.0 cm³/mol. The highest BCUT2D eigenvalue weighted by atomic mass is 15.0. The molecule has 0 bridgehead atoms. The molecule has 0 radical (unpaired) electrons. The van der Waals surface area contributed by atoms with Gasteiger partial charge in [0.25, 0.3) is 0 Å². The molecule has 1 aliphatic carbocycles. The van der Waals surface area contributed by atoms with Gasteiger partial charge in [-0.2, -0.15) is 0 Å². The highest BCUT2D eigenvalue weighted by Crippen LogP contribution is 2.43. The van der Waals surface area contributed by atoms with Gasteiger partial charge in [-0.3, -0.25) is 4.99 Å². The average Bonchev–Trinajstić information content (AvgIpc) is 2.84. The molecule has 1 aliphatic heterocycles. The molecule has 4 rings (SSSR count). The van der Waals surface area contributed by atoms with E-state index in [1.807, 2.05) is 0 Å². The lowest BCUT2D eigenvalue weighted by molar-refractivity contribution is 0.682. The van der Waals surface area contributed by atoms with E-state index in [1.165, 1.54) is 40.9 Å². The summed E-state index contributed by atoms with van der Waals surface area (Å²) in [6.45, 7) is 0.971. The largest absolute Gasteiger partial charge is 0.363 e. The molecule has 100 valence electrons. The fraction of sp³-hybridized carbons (Fsp3) is 0.278. The third-order valence-corrected chi connectivity index (χ3v) is 4.27. The summed E-state index contributed by atoms with van der Waals surface area (Å²) in [6, 6.07) is 17.7. The van der Waals surface area contributed by atoms with Crippen molar-refractivity contribution in [2.75, 3.05) is 6.54 Å². The van der Waals surface area contributed by atoms with Crippen LogP contribution < -0.4 is 5.32 Å². The van der Waals surface area contributed by atoms with Gasteiger partial charge in [0.2, 0.25) is 0 Å². The van der Waals surface area contributed by atoms with Gasteiger partial charge in [0.05, 0.1) is 11.9 Å². The summed E-state index contributed by atoms with van der Waals surface area (Å²) < 4.78 is 0. The number of aliphatic imine (C=N–C) groups is 1. The molecule has 0 saturated heterocycles. The van der Waals surface area contributed by atoms with Gasteiger partial charge >= 0.3 is 0 Å². The number of amidine groups is 1. The van der Waals surface area contributed by atoms with Crippen molar-refractivity contribution in [3.63, 3.8) is 0 Å². The molecule has 0 amide bonds. The van der Waals surface area contributed by atoms with Crippen molar-refractivity contribution in [3.8, 4) is 11.1 Å². The second kappa shape index (κ2) is 4.78. The van der Waals surface area contributed by atoms with Crippen LogP contribution in [0, 0.1) is 0 Å². The number of rotatable bonds is 1. The minimum Gasteiger partial charge on any atom is -0.363 e. The highest BCUT2D eigenvalue weighted by Gasteiger charge is 2.28. The van der Waals surface area contributed by atoms with Crippen LogP contribution in [0.4, 0.5) is 0 Å². The van der Waals surface area contributed by atoms with E-state index in [0.29, 0.717) is 0 Å². The lowest BCUT2D eigenvalue weighted by Gasteiger charge is -2.21. The Bertz CT molecular complexity index is 627. The van der Waals surface area contributed by atoms with Crippen LogP contribution >= 0.6 is 0 Å². The quantitative estimate of drug-likeness (QED) is 0.827. The normalized spacial score (nSPS) is 17.3. The second-order valence-corrected chi connectivity index (χ2v) is 5.54. The zero-order valence-electron chi connectivity index (χ0n) is 11.5.